The molecule has 0 aliphatic heterocycles. The van der Waals surface area contributed by atoms with Crippen LogP contribution in [-0.4, -0.2) is 23.6 Å². The molecule has 1 atom stereocenters. The Morgan fingerprint density at radius 1 is 1.00 bits per heavy atom. The molecule has 2 nitrogen and oxygen atoms in total. The summed E-state index contributed by atoms with van der Waals surface area (Å²) in [5, 5.41) is 10.3. The topological polar surface area (TPSA) is 23.5 Å². The largest absolute Gasteiger partial charge is 0.388 e. The lowest BCUT2D eigenvalue weighted by Gasteiger charge is -2.20. The Hall–Kier alpha value is -0.680. The number of rotatable bonds is 6. The third-order valence-corrected chi connectivity index (χ3v) is 4.94. The van der Waals surface area contributed by atoms with Crippen molar-refractivity contribution >= 4 is 31.9 Å². The predicted octanol–water partition coefficient (Wildman–Crippen LogP) is 4.77. The molecular formula is C17H19Br2NO. The minimum Gasteiger partial charge on any atom is -0.388 e. The van der Waals surface area contributed by atoms with E-state index in [2.05, 4.69) is 55.9 Å². The molecule has 112 valence electrons. The molecule has 0 amide bonds. The fourth-order valence-corrected chi connectivity index (χ4v) is 3.20. The van der Waals surface area contributed by atoms with Gasteiger partial charge in [0.25, 0.3) is 0 Å². The van der Waals surface area contributed by atoms with Crippen LogP contribution in [0.2, 0.25) is 0 Å². The first-order chi connectivity index (χ1) is 10.1. The lowest BCUT2D eigenvalue weighted by Crippen LogP contribution is -2.21. The van der Waals surface area contributed by atoms with Gasteiger partial charge in [0.15, 0.2) is 0 Å². The SMILES string of the molecule is CN(CCC(O)c1ccccc1Br)Cc1ccccc1Br. The number of halogens is 2. The van der Waals surface area contributed by atoms with Gasteiger partial charge in [-0.25, -0.2) is 0 Å². The molecule has 21 heavy (non-hydrogen) atoms. The van der Waals surface area contributed by atoms with Gasteiger partial charge in [0.05, 0.1) is 6.10 Å². The molecule has 0 radical (unpaired) electrons. The van der Waals surface area contributed by atoms with E-state index < -0.39 is 6.10 Å². The second kappa shape index (κ2) is 8.08. The molecule has 0 aliphatic rings. The normalized spacial score (nSPS) is 12.6. The van der Waals surface area contributed by atoms with E-state index in [1.807, 2.05) is 36.4 Å². The monoisotopic (exact) mass is 411 g/mol. The van der Waals surface area contributed by atoms with E-state index in [9.17, 15) is 5.11 Å². The lowest BCUT2D eigenvalue weighted by atomic mass is 10.1. The van der Waals surface area contributed by atoms with Gasteiger partial charge >= 0.3 is 0 Å². The van der Waals surface area contributed by atoms with Gasteiger partial charge in [0.2, 0.25) is 0 Å². The molecule has 2 aromatic carbocycles. The van der Waals surface area contributed by atoms with Crippen LogP contribution < -0.4 is 0 Å². The van der Waals surface area contributed by atoms with Gasteiger partial charge in [0, 0.05) is 22.0 Å². The molecule has 2 aromatic rings. The van der Waals surface area contributed by atoms with Gasteiger partial charge in [-0.2, -0.15) is 0 Å². The number of hydrogen-bond acceptors (Lipinski definition) is 2. The molecule has 0 aromatic heterocycles. The minimum absolute atomic E-state index is 0.442. The van der Waals surface area contributed by atoms with Crippen molar-refractivity contribution in [3.05, 3.63) is 68.6 Å². The van der Waals surface area contributed by atoms with E-state index in [1.165, 1.54) is 5.56 Å². The molecule has 0 saturated carbocycles. The van der Waals surface area contributed by atoms with E-state index in [-0.39, 0.29) is 0 Å². The average molecular weight is 413 g/mol. The maximum atomic E-state index is 10.3. The molecule has 0 heterocycles. The van der Waals surface area contributed by atoms with E-state index in [0.29, 0.717) is 6.42 Å². The zero-order valence-corrected chi connectivity index (χ0v) is 15.1. The van der Waals surface area contributed by atoms with Crippen LogP contribution >= 0.6 is 31.9 Å². The van der Waals surface area contributed by atoms with Crippen molar-refractivity contribution < 1.29 is 5.11 Å². The Bertz CT molecular complexity index is 589. The summed E-state index contributed by atoms with van der Waals surface area (Å²) < 4.78 is 2.09. The number of aliphatic hydroxyl groups excluding tert-OH is 1. The van der Waals surface area contributed by atoms with Gasteiger partial charge in [-0.15, -0.1) is 0 Å². The van der Waals surface area contributed by atoms with Crippen molar-refractivity contribution in [2.24, 2.45) is 0 Å². The highest BCUT2D eigenvalue weighted by Crippen LogP contribution is 2.25. The summed E-state index contributed by atoms with van der Waals surface area (Å²) in [5.74, 6) is 0. The molecule has 0 saturated heterocycles. The lowest BCUT2D eigenvalue weighted by molar-refractivity contribution is 0.147. The summed E-state index contributed by atoms with van der Waals surface area (Å²) in [6.45, 7) is 1.70. The van der Waals surface area contributed by atoms with Crippen LogP contribution in [0, 0.1) is 0 Å². The zero-order valence-electron chi connectivity index (χ0n) is 12.0. The minimum atomic E-state index is -0.442. The summed E-state index contributed by atoms with van der Waals surface area (Å²) >= 11 is 7.06. The highest BCUT2D eigenvalue weighted by molar-refractivity contribution is 9.10. The molecule has 0 spiro atoms. The van der Waals surface area contributed by atoms with Crippen LogP contribution in [0.3, 0.4) is 0 Å². The first-order valence-corrected chi connectivity index (χ1v) is 8.51. The van der Waals surface area contributed by atoms with Gasteiger partial charge in [-0.3, -0.25) is 0 Å². The van der Waals surface area contributed by atoms with Crippen LogP contribution in [0.25, 0.3) is 0 Å². The quantitative estimate of drug-likeness (QED) is 0.738. The molecule has 4 heteroatoms. The van der Waals surface area contributed by atoms with E-state index in [0.717, 1.165) is 27.6 Å². The maximum Gasteiger partial charge on any atom is 0.0813 e. The van der Waals surface area contributed by atoms with E-state index in [4.69, 9.17) is 0 Å². The summed E-state index contributed by atoms with van der Waals surface area (Å²) in [6, 6.07) is 16.1. The van der Waals surface area contributed by atoms with Crippen LogP contribution in [0.15, 0.2) is 57.5 Å². The van der Waals surface area contributed by atoms with Gasteiger partial charge in [-0.1, -0.05) is 68.3 Å². The smallest absolute Gasteiger partial charge is 0.0813 e. The molecule has 0 fully saturated rings. The number of hydrogen-bond donors (Lipinski definition) is 1. The summed E-state index contributed by atoms with van der Waals surface area (Å²) in [6.07, 6.45) is 0.269. The fraction of sp³-hybridized carbons (Fsp3) is 0.294. The molecule has 2 rings (SSSR count). The molecule has 1 unspecified atom stereocenters. The molecule has 0 bridgehead atoms. The van der Waals surface area contributed by atoms with E-state index >= 15 is 0 Å². The Balaban J connectivity index is 1.88. The fourth-order valence-electron chi connectivity index (χ4n) is 2.24. The van der Waals surface area contributed by atoms with Crippen molar-refractivity contribution in [2.75, 3.05) is 13.6 Å². The highest BCUT2D eigenvalue weighted by Gasteiger charge is 2.12. The molecule has 0 aliphatic carbocycles. The van der Waals surface area contributed by atoms with Crippen molar-refractivity contribution in [1.29, 1.82) is 0 Å². The van der Waals surface area contributed by atoms with Crippen LogP contribution in [0.5, 0.6) is 0 Å². The second-order valence-corrected chi connectivity index (χ2v) is 6.86. The van der Waals surface area contributed by atoms with Crippen molar-refractivity contribution in [1.82, 2.24) is 4.90 Å². The molecule has 1 N–H and O–H groups in total. The maximum absolute atomic E-state index is 10.3. The van der Waals surface area contributed by atoms with Gasteiger partial charge < -0.3 is 10.0 Å². The summed E-state index contributed by atoms with van der Waals surface area (Å²) in [4.78, 5) is 2.22. The van der Waals surface area contributed by atoms with Crippen LogP contribution in [-0.2, 0) is 6.54 Å². The van der Waals surface area contributed by atoms with Crippen molar-refractivity contribution in [3.8, 4) is 0 Å². The summed E-state index contributed by atoms with van der Waals surface area (Å²) in [7, 11) is 2.08. The predicted molar refractivity (Wildman–Crippen MR) is 94.2 cm³/mol. The molecular weight excluding hydrogens is 394 g/mol. The van der Waals surface area contributed by atoms with E-state index in [1.54, 1.807) is 0 Å². The van der Waals surface area contributed by atoms with Crippen LogP contribution in [0.4, 0.5) is 0 Å². The van der Waals surface area contributed by atoms with Crippen LogP contribution in [0.1, 0.15) is 23.7 Å². The summed E-state index contributed by atoms with van der Waals surface area (Å²) in [5.41, 5.74) is 2.21. The second-order valence-electron chi connectivity index (χ2n) is 5.16. The number of nitrogens with zero attached hydrogens (tertiary/aromatic N) is 1. The Labute approximate surface area is 143 Å². The first kappa shape index (κ1) is 16.7. The first-order valence-electron chi connectivity index (χ1n) is 6.92. The van der Waals surface area contributed by atoms with Crippen molar-refractivity contribution in [2.45, 2.75) is 19.1 Å². The Morgan fingerprint density at radius 3 is 2.29 bits per heavy atom. The van der Waals surface area contributed by atoms with Gasteiger partial charge in [0.1, 0.15) is 0 Å². The third-order valence-electron chi connectivity index (χ3n) is 3.45. The Morgan fingerprint density at radius 2 is 1.62 bits per heavy atom. The number of benzene rings is 2. The highest BCUT2D eigenvalue weighted by atomic mass is 79.9. The zero-order chi connectivity index (χ0) is 15.2. The number of aliphatic hydroxyl groups is 1. The average Bonchev–Trinajstić information content (AvgIpc) is 2.48. The third kappa shape index (κ3) is 4.92. The Kier molecular flexibility index (Phi) is 6.42. The van der Waals surface area contributed by atoms with Gasteiger partial charge in [-0.05, 0) is 36.7 Å². The standard InChI is InChI=1S/C17H19Br2NO/c1-20(12-13-6-2-4-8-15(13)18)11-10-17(21)14-7-3-5-9-16(14)19/h2-9,17,21H,10-12H2,1H3. The van der Waals surface area contributed by atoms with Crippen molar-refractivity contribution in [3.63, 3.8) is 0 Å².